The van der Waals surface area contributed by atoms with E-state index < -0.39 is 29.7 Å². The lowest BCUT2D eigenvalue weighted by Crippen LogP contribution is -2.48. The molecular formula is C13H16N2O6. The summed E-state index contributed by atoms with van der Waals surface area (Å²) in [6, 6.07) is 0. The first kappa shape index (κ1) is 15.0. The smallest absolute Gasteiger partial charge is 0.309 e. The van der Waals surface area contributed by atoms with E-state index in [2.05, 4.69) is 4.98 Å². The summed E-state index contributed by atoms with van der Waals surface area (Å²) in [4.78, 5) is 39.9. The monoisotopic (exact) mass is 296 g/mol. The molecular weight excluding hydrogens is 280 g/mol. The van der Waals surface area contributed by atoms with Crippen LogP contribution in [0.15, 0.2) is 4.42 Å². The molecule has 21 heavy (non-hydrogen) atoms. The molecule has 1 saturated heterocycles. The van der Waals surface area contributed by atoms with Crippen LogP contribution in [-0.4, -0.2) is 51.0 Å². The van der Waals surface area contributed by atoms with Gasteiger partial charge >= 0.3 is 11.9 Å². The number of likely N-dealkylation sites (tertiary alicyclic amines) is 1. The Labute approximate surface area is 120 Å². The van der Waals surface area contributed by atoms with Gasteiger partial charge in [-0.1, -0.05) is 0 Å². The van der Waals surface area contributed by atoms with Crippen molar-refractivity contribution in [1.29, 1.82) is 0 Å². The molecule has 114 valence electrons. The van der Waals surface area contributed by atoms with Crippen molar-refractivity contribution < 1.29 is 29.0 Å². The van der Waals surface area contributed by atoms with Crippen molar-refractivity contribution in [2.45, 2.75) is 20.3 Å². The second-order valence-corrected chi connectivity index (χ2v) is 5.08. The quantitative estimate of drug-likeness (QED) is 0.834. The zero-order valence-electron chi connectivity index (χ0n) is 11.7. The van der Waals surface area contributed by atoms with Gasteiger partial charge in [0.1, 0.15) is 0 Å². The van der Waals surface area contributed by atoms with Gasteiger partial charge in [-0.25, -0.2) is 4.98 Å². The molecule has 2 unspecified atom stereocenters. The highest BCUT2D eigenvalue weighted by atomic mass is 16.4. The van der Waals surface area contributed by atoms with E-state index in [0.717, 1.165) is 0 Å². The summed E-state index contributed by atoms with van der Waals surface area (Å²) in [5.74, 6) is -4.50. The minimum Gasteiger partial charge on any atom is -0.481 e. The molecule has 0 saturated carbocycles. The number of carbonyl (C=O) groups excluding carboxylic acids is 1. The molecule has 0 aliphatic carbocycles. The Hall–Kier alpha value is -2.38. The molecule has 1 aromatic heterocycles. The van der Waals surface area contributed by atoms with Crippen molar-refractivity contribution in [3.8, 4) is 0 Å². The van der Waals surface area contributed by atoms with Crippen LogP contribution >= 0.6 is 0 Å². The van der Waals surface area contributed by atoms with Gasteiger partial charge in [0.2, 0.25) is 5.76 Å². The summed E-state index contributed by atoms with van der Waals surface area (Å²) < 4.78 is 5.23. The Morgan fingerprint density at radius 2 is 1.81 bits per heavy atom. The summed E-state index contributed by atoms with van der Waals surface area (Å²) >= 11 is 0. The highest BCUT2D eigenvalue weighted by Gasteiger charge is 2.41. The highest BCUT2D eigenvalue weighted by molar-refractivity contribution is 5.93. The third-order valence-electron chi connectivity index (χ3n) is 3.63. The van der Waals surface area contributed by atoms with Gasteiger partial charge in [-0.15, -0.1) is 0 Å². The maximum atomic E-state index is 12.3. The number of piperidine rings is 1. The maximum Gasteiger partial charge on any atom is 0.309 e. The molecule has 2 rings (SSSR count). The number of carbonyl (C=O) groups is 3. The van der Waals surface area contributed by atoms with Gasteiger partial charge in [-0.3, -0.25) is 14.4 Å². The first-order valence-electron chi connectivity index (χ1n) is 6.50. The predicted molar refractivity (Wildman–Crippen MR) is 68.7 cm³/mol. The van der Waals surface area contributed by atoms with Crippen LogP contribution in [-0.2, 0) is 9.59 Å². The van der Waals surface area contributed by atoms with Gasteiger partial charge < -0.3 is 19.5 Å². The fourth-order valence-corrected chi connectivity index (χ4v) is 2.56. The van der Waals surface area contributed by atoms with Crippen LogP contribution in [0.3, 0.4) is 0 Å². The van der Waals surface area contributed by atoms with E-state index in [-0.39, 0.29) is 25.3 Å². The molecule has 1 fully saturated rings. The molecule has 0 bridgehead atoms. The summed E-state index contributed by atoms with van der Waals surface area (Å²) in [5, 5.41) is 18.2. The van der Waals surface area contributed by atoms with Crippen molar-refractivity contribution in [1.82, 2.24) is 9.88 Å². The summed E-state index contributed by atoms with van der Waals surface area (Å²) in [5.41, 5.74) is 0.435. The summed E-state index contributed by atoms with van der Waals surface area (Å²) in [7, 11) is 0. The van der Waals surface area contributed by atoms with Gasteiger partial charge in [-0.2, -0.15) is 0 Å². The molecule has 0 spiro atoms. The summed E-state index contributed by atoms with van der Waals surface area (Å²) in [6.45, 7) is 3.27. The van der Waals surface area contributed by atoms with E-state index in [1.54, 1.807) is 13.8 Å². The van der Waals surface area contributed by atoms with Crippen LogP contribution in [0.2, 0.25) is 0 Å². The van der Waals surface area contributed by atoms with Crippen molar-refractivity contribution >= 4 is 17.8 Å². The third-order valence-corrected chi connectivity index (χ3v) is 3.63. The first-order valence-corrected chi connectivity index (χ1v) is 6.50. The largest absolute Gasteiger partial charge is 0.481 e. The number of aliphatic carboxylic acids is 2. The number of amides is 1. The highest BCUT2D eigenvalue weighted by Crippen LogP contribution is 2.26. The van der Waals surface area contributed by atoms with E-state index in [1.165, 1.54) is 4.90 Å². The molecule has 1 aromatic rings. The molecule has 1 aliphatic rings. The zero-order chi connectivity index (χ0) is 15.7. The van der Waals surface area contributed by atoms with Gasteiger partial charge in [0.05, 0.1) is 17.5 Å². The number of hydrogen-bond donors (Lipinski definition) is 2. The maximum absolute atomic E-state index is 12.3. The molecule has 1 amide bonds. The minimum absolute atomic E-state index is 0.0745. The SMILES string of the molecule is Cc1nc(C)c(C(=O)N2CCC(C(=O)O)C(C(=O)O)C2)o1. The van der Waals surface area contributed by atoms with Gasteiger partial charge in [0.25, 0.3) is 5.91 Å². The van der Waals surface area contributed by atoms with Crippen molar-refractivity contribution in [3.05, 3.63) is 17.3 Å². The van der Waals surface area contributed by atoms with Gasteiger partial charge in [0.15, 0.2) is 5.89 Å². The number of rotatable bonds is 3. The van der Waals surface area contributed by atoms with E-state index in [9.17, 15) is 14.4 Å². The second kappa shape index (κ2) is 5.55. The fourth-order valence-electron chi connectivity index (χ4n) is 2.56. The lowest BCUT2D eigenvalue weighted by atomic mass is 9.85. The number of aromatic nitrogens is 1. The average molecular weight is 296 g/mol. The van der Waals surface area contributed by atoms with Crippen LogP contribution in [0.5, 0.6) is 0 Å². The second-order valence-electron chi connectivity index (χ2n) is 5.08. The number of hydrogen-bond acceptors (Lipinski definition) is 5. The van der Waals surface area contributed by atoms with Crippen LogP contribution < -0.4 is 0 Å². The van der Waals surface area contributed by atoms with Crippen LogP contribution in [0.4, 0.5) is 0 Å². The standard InChI is InChI=1S/C13H16N2O6/c1-6-10(21-7(2)14-6)11(16)15-4-3-8(12(17)18)9(5-15)13(19)20/h8-9H,3-5H2,1-2H3,(H,17,18)(H,19,20). The van der Waals surface area contributed by atoms with Crippen molar-refractivity contribution in [2.24, 2.45) is 11.8 Å². The number of carboxylic acids is 2. The van der Waals surface area contributed by atoms with E-state index >= 15 is 0 Å². The topological polar surface area (TPSA) is 121 Å². The summed E-state index contributed by atoms with van der Waals surface area (Å²) in [6.07, 6.45) is 0.101. The Morgan fingerprint density at radius 1 is 1.19 bits per heavy atom. The molecule has 0 radical (unpaired) electrons. The normalized spacial score (nSPS) is 22.1. The predicted octanol–water partition coefficient (Wildman–Crippen LogP) is 0.539. The lowest BCUT2D eigenvalue weighted by Gasteiger charge is -2.34. The van der Waals surface area contributed by atoms with E-state index in [0.29, 0.717) is 11.6 Å². The average Bonchev–Trinajstić information content (AvgIpc) is 2.76. The number of carboxylic acid groups (broad SMARTS) is 2. The first-order chi connectivity index (χ1) is 9.81. The van der Waals surface area contributed by atoms with E-state index in [4.69, 9.17) is 14.6 Å². The van der Waals surface area contributed by atoms with Crippen LogP contribution in [0, 0.1) is 25.7 Å². The van der Waals surface area contributed by atoms with Gasteiger partial charge in [-0.05, 0) is 13.3 Å². The number of nitrogens with zero attached hydrogens (tertiary/aromatic N) is 2. The molecule has 8 nitrogen and oxygen atoms in total. The molecule has 1 aliphatic heterocycles. The lowest BCUT2D eigenvalue weighted by molar-refractivity contribution is -0.156. The number of oxazole rings is 1. The Kier molecular flexibility index (Phi) is 3.97. The Bertz CT molecular complexity index is 593. The molecule has 2 N–H and O–H groups in total. The molecule has 8 heteroatoms. The Balaban J connectivity index is 2.19. The molecule has 0 aromatic carbocycles. The van der Waals surface area contributed by atoms with Crippen molar-refractivity contribution in [2.75, 3.05) is 13.1 Å². The Morgan fingerprint density at radius 3 is 2.29 bits per heavy atom. The van der Waals surface area contributed by atoms with E-state index in [1.807, 2.05) is 0 Å². The zero-order valence-corrected chi connectivity index (χ0v) is 11.7. The fraction of sp³-hybridized carbons (Fsp3) is 0.538. The minimum atomic E-state index is -1.22. The van der Waals surface area contributed by atoms with Crippen molar-refractivity contribution in [3.63, 3.8) is 0 Å². The van der Waals surface area contributed by atoms with Gasteiger partial charge in [0, 0.05) is 20.0 Å². The molecule has 2 heterocycles. The number of aryl methyl sites for hydroxylation is 2. The molecule has 2 atom stereocenters. The third kappa shape index (κ3) is 2.88. The van der Waals surface area contributed by atoms with Crippen LogP contribution in [0.1, 0.15) is 28.6 Å². The van der Waals surface area contributed by atoms with Crippen LogP contribution in [0.25, 0.3) is 0 Å².